The second-order valence-electron chi connectivity index (χ2n) is 3.32. The van der Waals surface area contributed by atoms with Crippen LogP contribution in [0.2, 0.25) is 0 Å². The van der Waals surface area contributed by atoms with Gasteiger partial charge in [-0.1, -0.05) is 0 Å². The quantitative estimate of drug-likeness (QED) is 0.395. The van der Waals surface area contributed by atoms with E-state index < -0.39 is 19.1 Å². The van der Waals surface area contributed by atoms with E-state index in [0.29, 0.717) is 0 Å². The van der Waals surface area contributed by atoms with Crippen molar-refractivity contribution in [3.63, 3.8) is 0 Å². The Balaban J connectivity index is 3.28. The first-order chi connectivity index (χ1) is 8.53. The third-order valence-corrected chi connectivity index (χ3v) is 2.21. The lowest BCUT2D eigenvalue weighted by Crippen LogP contribution is -2.37. The number of carbonyl (C=O) groups is 2. The number of esters is 2. The molecule has 1 aromatic carbocycles. The van der Waals surface area contributed by atoms with Crippen LogP contribution < -0.4 is 11.4 Å². The molecular weight excluding hydrogens is 241 g/mol. The van der Waals surface area contributed by atoms with Gasteiger partial charge in [-0.15, -0.1) is 0 Å². The zero-order valence-electron chi connectivity index (χ0n) is 9.88. The summed E-state index contributed by atoms with van der Waals surface area (Å²) in [6.45, 7) is 0. The van der Waals surface area contributed by atoms with E-state index in [1.165, 1.54) is 32.4 Å². The van der Waals surface area contributed by atoms with Crippen LogP contribution in [-0.2, 0) is 14.2 Å². The summed E-state index contributed by atoms with van der Waals surface area (Å²) < 4.78 is 13.3. The zero-order valence-corrected chi connectivity index (χ0v) is 9.88. The highest BCUT2D eigenvalue weighted by molar-refractivity contribution is 6.60. The molecule has 0 heterocycles. The van der Waals surface area contributed by atoms with E-state index in [0.717, 1.165) is 0 Å². The molecule has 0 aromatic heterocycles. The number of methoxy groups -OCH3 is 2. The van der Waals surface area contributed by atoms with Crippen LogP contribution >= 0.6 is 0 Å². The van der Waals surface area contributed by atoms with Crippen molar-refractivity contribution in [2.75, 3.05) is 14.2 Å². The van der Waals surface area contributed by atoms with Crippen molar-refractivity contribution >= 4 is 24.5 Å². The van der Waals surface area contributed by atoms with Gasteiger partial charge in [-0.25, -0.2) is 15.5 Å². The van der Waals surface area contributed by atoms with Crippen LogP contribution in [0, 0.1) is 0 Å². The fourth-order valence-electron chi connectivity index (χ4n) is 1.34. The predicted octanol–water partition coefficient (Wildman–Crippen LogP) is -1.16. The van der Waals surface area contributed by atoms with E-state index in [9.17, 15) is 14.6 Å². The Morgan fingerprint density at radius 1 is 1.11 bits per heavy atom. The first kappa shape index (κ1) is 14.2. The zero-order chi connectivity index (χ0) is 13.7. The lowest BCUT2D eigenvalue weighted by molar-refractivity contribution is 0.0599. The lowest BCUT2D eigenvalue weighted by Gasteiger charge is -2.08. The van der Waals surface area contributed by atoms with Crippen molar-refractivity contribution < 1.29 is 28.8 Å². The Morgan fingerprint density at radius 2 is 1.56 bits per heavy atom. The van der Waals surface area contributed by atoms with Crippen LogP contribution in [0.5, 0.6) is 0 Å². The second-order valence-corrected chi connectivity index (χ2v) is 3.32. The van der Waals surface area contributed by atoms with Crippen LogP contribution in [0.3, 0.4) is 0 Å². The van der Waals surface area contributed by atoms with Crippen molar-refractivity contribution in [1.29, 1.82) is 0 Å². The van der Waals surface area contributed by atoms with Gasteiger partial charge in [0.2, 0.25) is 0 Å². The molecule has 3 N–H and O–H groups in total. The Labute approximate surface area is 104 Å². The summed E-state index contributed by atoms with van der Waals surface area (Å²) >= 11 is 0. The van der Waals surface area contributed by atoms with Crippen molar-refractivity contribution in [1.82, 2.24) is 0 Å². The summed E-state index contributed by atoms with van der Waals surface area (Å²) in [6, 6.07) is 3.88. The maximum absolute atomic E-state index is 11.4. The van der Waals surface area contributed by atoms with Crippen LogP contribution in [0.1, 0.15) is 20.7 Å². The van der Waals surface area contributed by atoms with E-state index in [2.05, 4.69) is 14.2 Å². The highest BCUT2D eigenvalue weighted by atomic mass is 16.6. The van der Waals surface area contributed by atoms with Gasteiger partial charge in [0.1, 0.15) is 0 Å². The molecule has 7 nitrogen and oxygen atoms in total. The number of nitrogens with two attached hydrogens (primary N) is 1. The standard InChI is InChI=1S/C10H12BNO6/c1-16-9(13)6-3-7(10(14)17-2)5-8(4-6)11(15)18-12/h3-5,15H,12H2,1-2H3. The molecule has 18 heavy (non-hydrogen) atoms. The fourth-order valence-corrected chi connectivity index (χ4v) is 1.34. The Hall–Kier alpha value is -1.90. The number of carbonyl (C=O) groups excluding carboxylic acids is 2. The average Bonchev–Trinajstić information content (AvgIpc) is 2.43. The summed E-state index contributed by atoms with van der Waals surface area (Å²) in [5.41, 5.74) is 0.291. The van der Waals surface area contributed by atoms with E-state index >= 15 is 0 Å². The van der Waals surface area contributed by atoms with Gasteiger partial charge >= 0.3 is 19.1 Å². The number of hydrogen-bond acceptors (Lipinski definition) is 7. The molecule has 8 heteroatoms. The van der Waals surface area contributed by atoms with E-state index in [1.807, 2.05) is 0 Å². The van der Waals surface area contributed by atoms with Crippen LogP contribution in [-0.4, -0.2) is 38.3 Å². The molecule has 0 amide bonds. The molecule has 1 aromatic rings. The smallest absolute Gasteiger partial charge is 0.465 e. The van der Waals surface area contributed by atoms with Gasteiger partial charge in [-0.05, 0) is 23.7 Å². The molecule has 0 radical (unpaired) electrons. The monoisotopic (exact) mass is 253 g/mol. The summed E-state index contributed by atoms with van der Waals surface area (Å²) in [5, 5.41) is 9.44. The van der Waals surface area contributed by atoms with Crippen LogP contribution in [0.15, 0.2) is 18.2 Å². The molecule has 1 rings (SSSR count). The van der Waals surface area contributed by atoms with Gasteiger partial charge in [0.25, 0.3) is 0 Å². The molecule has 0 atom stereocenters. The minimum Gasteiger partial charge on any atom is -0.465 e. The molecule has 0 aliphatic rings. The van der Waals surface area contributed by atoms with Gasteiger partial charge < -0.3 is 19.3 Å². The molecular formula is C10H12BNO6. The molecule has 96 valence electrons. The first-order valence-corrected chi connectivity index (χ1v) is 4.88. The Morgan fingerprint density at radius 3 is 1.89 bits per heavy atom. The minimum absolute atomic E-state index is 0.0755. The molecule has 0 bridgehead atoms. The highest BCUT2D eigenvalue weighted by Crippen LogP contribution is 2.07. The minimum atomic E-state index is -1.46. The predicted molar refractivity (Wildman–Crippen MR) is 62.0 cm³/mol. The van der Waals surface area contributed by atoms with Crippen molar-refractivity contribution in [3.8, 4) is 0 Å². The molecule has 0 aliphatic heterocycles. The largest absolute Gasteiger partial charge is 0.508 e. The van der Waals surface area contributed by atoms with E-state index in [-0.39, 0.29) is 16.6 Å². The maximum atomic E-state index is 11.4. The lowest BCUT2D eigenvalue weighted by atomic mass is 9.78. The van der Waals surface area contributed by atoms with Gasteiger partial charge in [0.05, 0.1) is 25.3 Å². The van der Waals surface area contributed by atoms with Crippen LogP contribution in [0.4, 0.5) is 0 Å². The topological polar surface area (TPSA) is 108 Å². The maximum Gasteiger partial charge on any atom is 0.508 e. The number of benzene rings is 1. The van der Waals surface area contributed by atoms with Crippen molar-refractivity contribution in [3.05, 3.63) is 29.3 Å². The normalized spacial score (nSPS) is 9.78. The average molecular weight is 253 g/mol. The summed E-state index contributed by atoms with van der Waals surface area (Å²) in [6.07, 6.45) is 0. The van der Waals surface area contributed by atoms with Crippen molar-refractivity contribution in [2.24, 2.45) is 5.90 Å². The molecule has 0 aliphatic carbocycles. The van der Waals surface area contributed by atoms with Gasteiger partial charge in [-0.3, -0.25) is 0 Å². The van der Waals surface area contributed by atoms with Crippen molar-refractivity contribution in [2.45, 2.75) is 0 Å². The van der Waals surface area contributed by atoms with Gasteiger partial charge in [0, 0.05) is 0 Å². The van der Waals surface area contributed by atoms with Gasteiger partial charge in [0.15, 0.2) is 0 Å². The third-order valence-electron chi connectivity index (χ3n) is 2.21. The number of rotatable bonds is 4. The SMILES string of the molecule is COC(=O)c1cc(B(O)ON)cc(C(=O)OC)c1. The van der Waals surface area contributed by atoms with Crippen LogP contribution in [0.25, 0.3) is 0 Å². The Bertz CT molecular complexity index is 429. The Kier molecular flexibility index (Phi) is 4.84. The van der Waals surface area contributed by atoms with E-state index in [1.54, 1.807) is 0 Å². The molecule has 0 saturated heterocycles. The summed E-state index contributed by atoms with van der Waals surface area (Å²) in [7, 11) is 0.934. The summed E-state index contributed by atoms with van der Waals surface area (Å²) in [5.74, 6) is 3.52. The fraction of sp³-hybridized carbons (Fsp3) is 0.200. The molecule has 0 unspecified atom stereocenters. The molecule has 0 spiro atoms. The van der Waals surface area contributed by atoms with Gasteiger partial charge in [-0.2, -0.15) is 0 Å². The number of hydrogen-bond donors (Lipinski definition) is 2. The van der Waals surface area contributed by atoms with E-state index in [4.69, 9.17) is 5.90 Å². The molecule has 0 saturated carbocycles. The molecule has 0 fully saturated rings. The second kappa shape index (κ2) is 6.15. The third kappa shape index (κ3) is 3.07. The first-order valence-electron chi connectivity index (χ1n) is 4.88. The number of ether oxygens (including phenoxy) is 2. The highest BCUT2D eigenvalue weighted by Gasteiger charge is 2.21. The summed E-state index contributed by atoms with van der Waals surface area (Å²) in [4.78, 5) is 22.8.